The maximum absolute atomic E-state index is 11.6. The van der Waals surface area contributed by atoms with Crippen LogP contribution in [0.25, 0.3) is 0 Å². The molecule has 0 heterocycles. The van der Waals surface area contributed by atoms with Crippen LogP contribution in [0.3, 0.4) is 0 Å². The van der Waals surface area contributed by atoms with E-state index in [0.29, 0.717) is 5.56 Å². The zero-order valence-electron chi connectivity index (χ0n) is 11.4. The Kier molecular flexibility index (Phi) is 5.37. The van der Waals surface area contributed by atoms with E-state index in [9.17, 15) is 15.0 Å². The summed E-state index contributed by atoms with van der Waals surface area (Å²) in [4.78, 5) is 11.6. The number of nitrogens with zero attached hydrogens (tertiary/aromatic N) is 1. The van der Waals surface area contributed by atoms with E-state index in [4.69, 9.17) is 4.74 Å². The number of aromatic hydroxyl groups is 2. The van der Waals surface area contributed by atoms with Crippen LogP contribution in [0.5, 0.6) is 17.2 Å². The molecule has 1 amide bonds. The van der Waals surface area contributed by atoms with Crippen molar-refractivity contribution in [3.8, 4) is 17.2 Å². The van der Waals surface area contributed by atoms with Crippen molar-refractivity contribution < 1.29 is 19.7 Å². The lowest BCUT2D eigenvalue weighted by atomic mass is 10.2. The second-order valence-corrected chi connectivity index (χ2v) is 5.17. The SMILES string of the molecule is O=C(COc1ccccc1O)N/N=C/c1cc(Br)ccc1O. The van der Waals surface area contributed by atoms with Crippen molar-refractivity contribution in [3.05, 3.63) is 52.5 Å². The fourth-order valence-electron chi connectivity index (χ4n) is 1.56. The topological polar surface area (TPSA) is 91.2 Å². The number of phenolic OH excluding ortho intramolecular Hbond substituents is 2. The summed E-state index contributed by atoms with van der Waals surface area (Å²) in [7, 11) is 0. The van der Waals surface area contributed by atoms with Gasteiger partial charge in [0.25, 0.3) is 5.91 Å². The van der Waals surface area contributed by atoms with Crippen LogP contribution in [0.4, 0.5) is 0 Å². The molecule has 0 saturated carbocycles. The van der Waals surface area contributed by atoms with Crippen molar-refractivity contribution in [2.75, 3.05) is 6.61 Å². The van der Waals surface area contributed by atoms with Crippen molar-refractivity contribution in [2.45, 2.75) is 0 Å². The molecule has 3 N–H and O–H groups in total. The number of phenols is 2. The van der Waals surface area contributed by atoms with Gasteiger partial charge in [0.05, 0.1) is 6.21 Å². The Morgan fingerprint density at radius 3 is 2.77 bits per heavy atom. The molecule has 0 aliphatic carbocycles. The number of nitrogens with one attached hydrogen (secondary N) is 1. The first-order valence-electron chi connectivity index (χ1n) is 6.27. The van der Waals surface area contributed by atoms with Gasteiger partial charge in [-0.15, -0.1) is 0 Å². The van der Waals surface area contributed by atoms with E-state index in [1.165, 1.54) is 18.3 Å². The molecule has 0 saturated heterocycles. The Morgan fingerprint density at radius 1 is 1.23 bits per heavy atom. The molecule has 0 bridgehead atoms. The van der Waals surface area contributed by atoms with Crippen molar-refractivity contribution >= 4 is 28.1 Å². The van der Waals surface area contributed by atoms with Crippen LogP contribution in [0, 0.1) is 0 Å². The molecule has 2 rings (SSSR count). The summed E-state index contributed by atoms with van der Waals surface area (Å²) < 4.78 is 5.93. The zero-order chi connectivity index (χ0) is 15.9. The van der Waals surface area contributed by atoms with Crippen molar-refractivity contribution in [1.82, 2.24) is 5.43 Å². The van der Waals surface area contributed by atoms with Gasteiger partial charge in [0.15, 0.2) is 18.1 Å². The second kappa shape index (κ2) is 7.46. The van der Waals surface area contributed by atoms with Gasteiger partial charge >= 0.3 is 0 Å². The van der Waals surface area contributed by atoms with Gasteiger partial charge in [-0.25, -0.2) is 5.43 Å². The third-order valence-corrected chi connectivity index (χ3v) is 3.10. The molecule has 22 heavy (non-hydrogen) atoms. The number of benzene rings is 2. The molecule has 0 fully saturated rings. The van der Waals surface area contributed by atoms with Crippen LogP contribution in [-0.4, -0.2) is 28.9 Å². The zero-order valence-corrected chi connectivity index (χ0v) is 12.9. The molecule has 0 aromatic heterocycles. The van der Waals surface area contributed by atoms with Gasteiger partial charge in [0.1, 0.15) is 5.75 Å². The number of halogens is 1. The van der Waals surface area contributed by atoms with Gasteiger partial charge in [-0.1, -0.05) is 28.1 Å². The van der Waals surface area contributed by atoms with Crippen molar-refractivity contribution in [3.63, 3.8) is 0 Å². The van der Waals surface area contributed by atoms with E-state index in [1.54, 1.807) is 30.3 Å². The highest BCUT2D eigenvalue weighted by atomic mass is 79.9. The molecular formula is C15H13BrN2O4. The van der Waals surface area contributed by atoms with E-state index < -0.39 is 5.91 Å². The molecule has 2 aromatic carbocycles. The van der Waals surface area contributed by atoms with Crippen LogP contribution < -0.4 is 10.2 Å². The summed E-state index contributed by atoms with van der Waals surface area (Å²) in [5.74, 6) is -0.273. The number of ether oxygens (including phenoxy) is 1. The highest BCUT2D eigenvalue weighted by Gasteiger charge is 2.05. The molecule has 2 aromatic rings. The number of amides is 1. The molecule has 0 aliphatic rings. The second-order valence-electron chi connectivity index (χ2n) is 4.25. The Morgan fingerprint density at radius 2 is 2.00 bits per heavy atom. The lowest BCUT2D eigenvalue weighted by molar-refractivity contribution is -0.123. The first-order chi connectivity index (χ1) is 10.6. The molecule has 7 heteroatoms. The summed E-state index contributed by atoms with van der Waals surface area (Å²) in [6.07, 6.45) is 1.32. The normalized spacial score (nSPS) is 10.6. The van der Waals surface area contributed by atoms with Crippen molar-refractivity contribution in [1.29, 1.82) is 0 Å². The summed E-state index contributed by atoms with van der Waals surface area (Å²) in [6, 6.07) is 11.2. The molecule has 0 spiro atoms. The number of hydrogen-bond acceptors (Lipinski definition) is 5. The third-order valence-electron chi connectivity index (χ3n) is 2.61. The van der Waals surface area contributed by atoms with E-state index >= 15 is 0 Å². The van der Waals surface area contributed by atoms with Gasteiger partial charge in [-0.05, 0) is 30.3 Å². The summed E-state index contributed by atoms with van der Waals surface area (Å²) in [5, 5.41) is 22.8. The molecule has 0 radical (unpaired) electrons. The molecule has 0 unspecified atom stereocenters. The molecule has 0 atom stereocenters. The van der Waals surface area contributed by atoms with Crippen LogP contribution in [0.2, 0.25) is 0 Å². The average molecular weight is 365 g/mol. The van der Waals surface area contributed by atoms with Gasteiger partial charge in [0.2, 0.25) is 0 Å². The van der Waals surface area contributed by atoms with Crippen LogP contribution in [0.15, 0.2) is 52.0 Å². The van der Waals surface area contributed by atoms with E-state index in [0.717, 1.165) is 4.47 Å². The number of hydrazone groups is 1. The lowest BCUT2D eigenvalue weighted by Gasteiger charge is -2.06. The first kappa shape index (κ1) is 15.8. The quantitative estimate of drug-likeness (QED) is 0.561. The fourth-order valence-corrected chi connectivity index (χ4v) is 1.94. The van der Waals surface area contributed by atoms with Crippen LogP contribution in [0.1, 0.15) is 5.56 Å². The maximum atomic E-state index is 11.6. The predicted octanol–water partition coefficient (Wildman–Crippen LogP) is 2.39. The fraction of sp³-hybridized carbons (Fsp3) is 0.0667. The maximum Gasteiger partial charge on any atom is 0.277 e. The molecular weight excluding hydrogens is 352 g/mol. The van der Waals surface area contributed by atoms with Crippen LogP contribution in [-0.2, 0) is 4.79 Å². The minimum Gasteiger partial charge on any atom is -0.507 e. The Hall–Kier alpha value is -2.54. The minimum absolute atomic E-state index is 0.0436. The smallest absolute Gasteiger partial charge is 0.277 e. The standard InChI is InChI=1S/C15H13BrN2O4/c16-11-5-6-12(19)10(7-11)8-17-18-15(21)9-22-14-4-2-1-3-13(14)20/h1-8,19-20H,9H2,(H,18,21)/b17-8+. The highest BCUT2D eigenvalue weighted by Crippen LogP contribution is 2.24. The minimum atomic E-state index is -0.492. The summed E-state index contributed by atoms with van der Waals surface area (Å²) in [5.41, 5.74) is 2.72. The number of carbonyl (C=O) groups excluding carboxylic acids is 1. The van der Waals surface area contributed by atoms with Gasteiger partial charge in [-0.3, -0.25) is 4.79 Å². The van der Waals surface area contributed by atoms with Crippen molar-refractivity contribution in [2.24, 2.45) is 5.10 Å². The predicted molar refractivity (Wildman–Crippen MR) is 85.1 cm³/mol. The third kappa shape index (κ3) is 4.49. The first-order valence-corrected chi connectivity index (χ1v) is 7.07. The van der Waals surface area contributed by atoms with E-state index in [1.807, 2.05) is 0 Å². The Labute approximate surface area is 135 Å². The highest BCUT2D eigenvalue weighted by molar-refractivity contribution is 9.10. The van der Waals surface area contributed by atoms with Gasteiger partial charge < -0.3 is 14.9 Å². The monoisotopic (exact) mass is 364 g/mol. The Balaban J connectivity index is 1.86. The van der Waals surface area contributed by atoms with E-state index in [-0.39, 0.29) is 23.9 Å². The average Bonchev–Trinajstić information content (AvgIpc) is 2.50. The summed E-state index contributed by atoms with van der Waals surface area (Å²) in [6.45, 7) is -0.292. The number of para-hydroxylation sites is 2. The summed E-state index contributed by atoms with van der Waals surface area (Å²) >= 11 is 3.27. The number of rotatable bonds is 5. The van der Waals surface area contributed by atoms with Crippen LogP contribution >= 0.6 is 15.9 Å². The van der Waals surface area contributed by atoms with Gasteiger partial charge in [0, 0.05) is 10.0 Å². The molecule has 0 aliphatic heterocycles. The van der Waals surface area contributed by atoms with Gasteiger partial charge in [-0.2, -0.15) is 5.10 Å². The molecule has 114 valence electrons. The largest absolute Gasteiger partial charge is 0.507 e. The molecule has 6 nitrogen and oxygen atoms in total. The number of carbonyl (C=O) groups is 1. The van der Waals surface area contributed by atoms with E-state index in [2.05, 4.69) is 26.5 Å². The number of hydrogen-bond donors (Lipinski definition) is 3. The lowest BCUT2D eigenvalue weighted by Crippen LogP contribution is -2.24. The Bertz CT molecular complexity index is 704.